The van der Waals surface area contributed by atoms with Gasteiger partial charge in [-0.3, -0.25) is 0 Å². The standard InChI is InChI=1S/C14H13F3OS/c1-9-7-8-12(19-9)13(2,18)10-5-3-4-6-11(10)14(15,16)17/h3-8,18H,1-2H3. The summed E-state index contributed by atoms with van der Waals surface area (Å²) in [7, 11) is 0. The molecule has 0 bridgehead atoms. The fourth-order valence-corrected chi connectivity index (χ4v) is 2.91. The van der Waals surface area contributed by atoms with Crippen LogP contribution in [0.3, 0.4) is 0 Å². The second-order valence-electron chi connectivity index (χ2n) is 4.53. The van der Waals surface area contributed by atoms with Gasteiger partial charge in [-0.2, -0.15) is 13.2 Å². The van der Waals surface area contributed by atoms with Gasteiger partial charge in [0, 0.05) is 15.3 Å². The molecule has 102 valence electrons. The average Bonchev–Trinajstić information content (AvgIpc) is 2.75. The molecule has 0 radical (unpaired) electrons. The smallest absolute Gasteiger partial charge is 0.380 e. The summed E-state index contributed by atoms with van der Waals surface area (Å²) in [5, 5.41) is 10.5. The van der Waals surface area contributed by atoms with E-state index in [1.807, 2.05) is 6.92 Å². The third kappa shape index (κ3) is 2.67. The third-order valence-corrected chi connectivity index (χ3v) is 4.19. The highest BCUT2D eigenvalue weighted by Gasteiger charge is 2.39. The number of aliphatic hydroxyl groups is 1. The van der Waals surface area contributed by atoms with E-state index < -0.39 is 17.3 Å². The lowest BCUT2D eigenvalue weighted by atomic mass is 9.90. The monoisotopic (exact) mass is 286 g/mol. The molecule has 1 aromatic heterocycles. The van der Waals surface area contributed by atoms with E-state index in [9.17, 15) is 18.3 Å². The minimum Gasteiger partial charge on any atom is -0.380 e. The molecule has 1 atom stereocenters. The van der Waals surface area contributed by atoms with Gasteiger partial charge in [0.25, 0.3) is 0 Å². The predicted octanol–water partition coefficient (Wildman–Crippen LogP) is 4.33. The van der Waals surface area contributed by atoms with E-state index in [-0.39, 0.29) is 5.56 Å². The van der Waals surface area contributed by atoms with Crippen LogP contribution >= 0.6 is 11.3 Å². The first-order valence-electron chi connectivity index (χ1n) is 5.69. The van der Waals surface area contributed by atoms with Gasteiger partial charge in [0.15, 0.2) is 0 Å². The van der Waals surface area contributed by atoms with Gasteiger partial charge in [-0.05, 0) is 32.0 Å². The molecule has 2 aromatic rings. The van der Waals surface area contributed by atoms with Crippen molar-refractivity contribution in [3.8, 4) is 0 Å². The van der Waals surface area contributed by atoms with Crippen LogP contribution in [0.2, 0.25) is 0 Å². The largest absolute Gasteiger partial charge is 0.416 e. The lowest BCUT2D eigenvalue weighted by molar-refractivity contribution is -0.139. The first kappa shape index (κ1) is 14.1. The predicted molar refractivity (Wildman–Crippen MR) is 69.2 cm³/mol. The fraction of sp³-hybridized carbons (Fsp3) is 0.286. The number of hydrogen-bond acceptors (Lipinski definition) is 2. The van der Waals surface area contributed by atoms with E-state index in [2.05, 4.69) is 0 Å². The van der Waals surface area contributed by atoms with E-state index in [0.717, 1.165) is 10.9 Å². The van der Waals surface area contributed by atoms with Crippen LogP contribution in [0.25, 0.3) is 0 Å². The van der Waals surface area contributed by atoms with Crippen LogP contribution in [-0.2, 0) is 11.8 Å². The summed E-state index contributed by atoms with van der Waals surface area (Å²) >= 11 is 1.29. The van der Waals surface area contributed by atoms with Gasteiger partial charge in [0.1, 0.15) is 5.60 Å². The maximum Gasteiger partial charge on any atom is 0.416 e. The molecule has 0 spiro atoms. The Kier molecular flexibility index (Phi) is 3.45. The molecule has 0 saturated carbocycles. The summed E-state index contributed by atoms with van der Waals surface area (Å²) in [6.45, 7) is 3.24. The molecule has 1 nitrogen and oxygen atoms in total. The first-order chi connectivity index (χ1) is 8.73. The quantitative estimate of drug-likeness (QED) is 0.871. The maximum atomic E-state index is 13.0. The average molecular weight is 286 g/mol. The summed E-state index contributed by atoms with van der Waals surface area (Å²) < 4.78 is 39.0. The van der Waals surface area contributed by atoms with E-state index in [1.54, 1.807) is 12.1 Å². The zero-order valence-electron chi connectivity index (χ0n) is 10.5. The van der Waals surface area contributed by atoms with Crippen LogP contribution in [0.1, 0.15) is 27.8 Å². The molecule has 2 rings (SSSR count). The van der Waals surface area contributed by atoms with Crippen molar-refractivity contribution in [3.63, 3.8) is 0 Å². The maximum absolute atomic E-state index is 13.0. The number of rotatable bonds is 2. The number of thiophene rings is 1. The van der Waals surface area contributed by atoms with E-state index in [4.69, 9.17) is 0 Å². The number of benzene rings is 1. The van der Waals surface area contributed by atoms with Gasteiger partial charge in [-0.1, -0.05) is 18.2 Å². The Morgan fingerprint density at radius 1 is 1.00 bits per heavy atom. The Morgan fingerprint density at radius 3 is 2.05 bits per heavy atom. The van der Waals surface area contributed by atoms with Gasteiger partial charge in [0.05, 0.1) is 5.56 Å². The van der Waals surface area contributed by atoms with Crippen molar-refractivity contribution >= 4 is 11.3 Å². The molecule has 0 aliphatic rings. The van der Waals surface area contributed by atoms with Crippen molar-refractivity contribution in [2.24, 2.45) is 0 Å². The highest BCUT2D eigenvalue weighted by atomic mass is 32.1. The van der Waals surface area contributed by atoms with Crippen LogP contribution in [0.15, 0.2) is 36.4 Å². The van der Waals surface area contributed by atoms with Crippen molar-refractivity contribution in [1.29, 1.82) is 0 Å². The van der Waals surface area contributed by atoms with Gasteiger partial charge in [-0.25, -0.2) is 0 Å². The van der Waals surface area contributed by atoms with Crippen LogP contribution in [-0.4, -0.2) is 5.11 Å². The third-order valence-electron chi connectivity index (χ3n) is 2.98. The van der Waals surface area contributed by atoms with Crippen molar-refractivity contribution in [2.75, 3.05) is 0 Å². The molecule has 0 aliphatic heterocycles. The summed E-state index contributed by atoms with van der Waals surface area (Å²) in [5.41, 5.74) is -2.57. The molecule has 1 unspecified atom stereocenters. The van der Waals surface area contributed by atoms with Crippen LogP contribution in [0.4, 0.5) is 13.2 Å². The minimum absolute atomic E-state index is 0.121. The van der Waals surface area contributed by atoms with Crippen LogP contribution in [0, 0.1) is 6.92 Å². The molecule has 0 fully saturated rings. The van der Waals surface area contributed by atoms with E-state index in [1.165, 1.54) is 36.5 Å². The number of hydrogen-bond donors (Lipinski definition) is 1. The lowest BCUT2D eigenvalue weighted by Gasteiger charge is -2.26. The number of alkyl halides is 3. The highest BCUT2D eigenvalue weighted by Crippen LogP contribution is 2.41. The lowest BCUT2D eigenvalue weighted by Crippen LogP contribution is -2.25. The summed E-state index contributed by atoms with van der Waals surface area (Å²) in [5.74, 6) is 0. The Labute approximate surface area is 113 Å². The molecular weight excluding hydrogens is 273 g/mol. The molecule has 1 aromatic carbocycles. The van der Waals surface area contributed by atoms with E-state index >= 15 is 0 Å². The molecule has 0 amide bonds. The Balaban J connectivity index is 2.58. The van der Waals surface area contributed by atoms with Gasteiger partial charge >= 0.3 is 6.18 Å². The Bertz CT molecular complexity index is 584. The van der Waals surface area contributed by atoms with Gasteiger partial charge < -0.3 is 5.11 Å². The van der Waals surface area contributed by atoms with Crippen molar-refractivity contribution in [3.05, 3.63) is 57.3 Å². The Hall–Kier alpha value is -1.33. The zero-order valence-corrected chi connectivity index (χ0v) is 11.3. The van der Waals surface area contributed by atoms with Crippen molar-refractivity contribution in [2.45, 2.75) is 25.6 Å². The fourth-order valence-electron chi connectivity index (χ4n) is 1.98. The topological polar surface area (TPSA) is 20.2 Å². The van der Waals surface area contributed by atoms with Gasteiger partial charge in [0.2, 0.25) is 0 Å². The molecule has 0 aliphatic carbocycles. The SMILES string of the molecule is Cc1ccc(C(C)(O)c2ccccc2C(F)(F)F)s1. The molecule has 5 heteroatoms. The molecule has 0 saturated heterocycles. The van der Waals surface area contributed by atoms with Crippen LogP contribution < -0.4 is 0 Å². The highest BCUT2D eigenvalue weighted by molar-refractivity contribution is 7.12. The summed E-state index contributed by atoms with van der Waals surface area (Å²) in [6.07, 6.45) is -4.48. The summed E-state index contributed by atoms with van der Waals surface area (Å²) in [6, 6.07) is 8.57. The molecule has 1 N–H and O–H groups in total. The first-order valence-corrected chi connectivity index (χ1v) is 6.50. The molecule has 19 heavy (non-hydrogen) atoms. The summed E-state index contributed by atoms with van der Waals surface area (Å²) in [4.78, 5) is 1.45. The zero-order chi connectivity index (χ0) is 14.3. The molecular formula is C14H13F3OS. The normalized spacial score (nSPS) is 15.3. The number of aryl methyl sites for hydroxylation is 1. The van der Waals surface area contributed by atoms with Crippen molar-refractivity contribution in [1.82, 2.24) is 0 Å². The van der Waals surface area contributed by atoms with Crippen LogP contribution in [0.5, 0.6) is 0 Å². The minimum atomic E-state index is -4.48. The van der Waals surface area contributed by atoms with Crippen molar-refractivity contribution < 1.29 is 18.3 Å². The van der Waals surface area contributed by atoms with E-state index in [0.29, 0.717) is 4.88 Å². The number of halogens is 3. The van der Waals surface area contributed by atoms with Gasteiger partial charge in [-0.15, -0.1) is 11.3 Å². The Morgan fingerprint density at radius 2 is 1.58 bits per heavy atom. The second kappa shape index (κ2) is 4.65. The second-order valence-corrected chi connectivity index (χ2v) is 5.81. The molecule has 1 heterocycles.